The molecule has 0 bridgehead atoms. The van der Waals surface area contributed by atoms with E-state index in [1.54, 1.807) is 0 Å². The molecule has 1 N–H and O–H groups in total. The van der Waals surface area contributed by atoms with Crippen LogP contribution in [0.5, 0.6) is 0 Å². The molecule has 1 amide bonds. The molecule has 1 rings (SSSR count). The van der Waals surface area contributed by atoms with Crippen LogP contribution in [0, 0.1) is 0 Å². The molecule has 1 heterocycles. The van der Waals surface area contributed by atoms with Crippen LogP contribution in [0.15, 0.2) is 11.6 Å². The summed E-state index contributed by atoms with van der Waals surface area (Å²) in [4.78, 5) is 14.0. The Hall–Kier alpha value is -0.830. The van der Waals surface area contributed by atoms with Crippen LogP contribution in [0.4, 0.5) is 0 Å². The summed E-state index contributed by atoms with van der Waals surface area (Å²) in [6.07, 6.45) is 2.93. The number of carbonyl (C=O) groups excluding carboxylic acids is 1. The molecule has 0 aromatic carbocycles. The zero-order valence-electron chi connectivity index (χ0n) is 10.2. The molecule has 1 aliphatic rings. The van der Waals surface area contributed by atoms with E-state index in [1.807, 2.05) is 17.9 Å². The lowest BCUT2D eigenvalue weighted by atomic mass is 10.1. The van der Waals surface area contributed by atoms with Crippen LogP contribution in [0.3, 0.4) is 0 Å². The molecule has 1 fully saturated rings. The predicted molar refractivity (Wildman–Crippen MR) is 62.7 cm³/mol. The largest absolute Gasteiger partial charge is 0.336 e. The molecule has 1 aliphatic heterocycles. The highest BCUT2D eigenvalue weighted by Gasteiger charge is 2.24. The molecule has 86 valence electrons. The van der Waals surface area contributed by atoms with Gasteiger partial charge in [0.05, 0.1) is 0 Å². The van der Waals surface area contributed by atoms with Gasteiger partial charge in [0.2, 0.25) is 5.91 Å². The van der Waals surface area contributed by atoms with Gasteiger partial charge in [0, 0.05) is 30.7 Å². The minimum Gasteiger partial charge on any atom is -0.336 e. The van der Waals surface area contributed by atoms with Crippen LogP contribution in [0.25, 0.3) is 0 Å². The Morgan fingerprint density at radius 2 is 1.93 bits per heavy atom. The number of hydrogen-bond acceptors (Lipinski definition) is 2. The summed E-state index contributed by atoms with van der Waals surface area (Å²) in [6, 6.07) is 0.791. The van der Waals surface area contributed by atoms with Crippen LogP contribution in [0.2, 0.25) is 0 Å². The van der Waals surface area contributed by atoms with Gasteiger partial charge in [-0.3, -0.25) is 4.79 Å². The Bertz CT molecular complexity index is 250. The first-order valence-corrected chi connectivity index (χ1v) is 5.76. The number of amides is 1. The van der Waals surface area contributed by atoms with Crippen molar-refractivity contribution >= 4 is 5.91 Å². The lowest BCUT2D eigenvalue weighted by Gasteiger charge is -2.36. The van der Waals surface area contributed by atoms with Gasteiger partial charge >= 0.3 is 0 Å². The summed E-state index contributed by atoms with van der Waals surface area (Å²) < 4.78 is 0. The highest BCUT2D eigenvalue weighted by molar-refractivity contribution is 5.92. The molecule has 2 atom stereocenters. The van der Waals surface area contributed by atoms with E-state index >= 15 is 0 Å². The van der Waals surface area contributed by atoms with Gasteiger partial charge in [-0.2, -0.15) is 0 Å². The quantitative estimate of drug-likeness (QED) is 0.701. The lowest BCUT2D eigenvalue weighted by Crippen LogP contribution is -2.56. The van der Waals surface area contributed by atoms with Gasteiger partial charge in [0.15, 0.2) is 0 Å². The summed E-state index contributed by atoms with van der Waals surface area (Å²) in [6.45, 7) is 9.84. The van der Waals surface area contributed by atoms with E-state index in [0.717, 1.165) is 25.1 Å². The van der Waals surface area contributed by atoms with E-state index in [4.69, 9.17) is 0 Å². The van der Waals surface area contributed by atoms with Gasteiger partial charge in [-0.25, -0.2) is 0 Å². The molecule has 3 heteroatoms. The second-order valence-corrected chi connectivity index (χ2v) is 4.47. The van der Waals surface area contributed by atoms with Crippen molar-refractivity contribution in [2.45, 2.75) is 46.2 Å². The van der Waals surface area contributed by atoms with Crippen molar-refractivity contribution in [1.29, 1.82) is 0 Å². The SMILES string of the molecule is CCC=C(C)C(=O)N1CC(C)NC(C)C1. The first-order chi connectivity index (χ1) is 7.04. The van der Waals surface area contributed by atoms with Crippen molar-refractivity contribution in [2.75, 3.05) is 13.1 Å². The summed E-state index contributed by atoms with van der Waals surface area (Å²) >= 11 is 0. The maximum Gasteiger partial charge on any atom is 0.249 e. The van der Waals surface area contributed by atoms with E-state index in [1.165, 1.54) is 0 Å². The zero-order valence-corrected chi connectivity index (χ0v) is 10.2. The van der Waals surface area contributed by atoms with Gasteiger partial charge in [-0.15, -0.1) is 0 Å². The van der Waals surface area contributed by atoms with Gasteiger partial charge in [-0.1, -0.05) is 13.0 Å². The topological polar surface area (TPSA) is 32.3 Å². The summed E-state index contributed by atoms with van der Waals surface area (Å²) in [5.41, 5.74) is 0.874. The molecule has 0 saturated carbocycles. The molecule has 0 spiro atoms. The molecule has 3 nitrogen and oxygen atoms in total. The predicted octanol–water partition coefficient (Wildman–Crippen LogP) is 1.55. The zero-order chi connectivity index (χ0) is 11.4. The molecule has 0 aliphatic carbocycles. The number of piperazine rings is 1. The van der Waals surface area contributed by atoms with Crippen LogP contribution >= 0.6 is 0 Å². The number of nitrogens with one attached hydrogen (secondary N) is 1. The van der Waals surface area contributed by atoms with E-state index in [0.29, 0.717) is 12.1 Å². The van der Waals surface area contributed by atoms with Crippen molar-refractivity contribution in [2.24, 2.45) is 0 Å². The second kappa shape index (κ2) is 5.31. The molecular weight excluding hydrogens is 188 g/mol. The summed E-state index contributed by atoms with van der Waals surface area (Å²) in [5, 5.41) is 3.42. The number of hydrogen-bond donors (Lipinski definition) is 1. The van der Waals surface area contributed by atoms with E-state index < -0.39 is 0 Å². The Morgan fingerprint density at radius 1 is 1.40 bits per heavy atom. The Balaban J connectivity index is 2.63. The molecular formula is C12H22N2O. The van der Waals surface area contributed by atoms with Crippen LogP contribution in [0.1, 0.15) is 34.1 Å². The number of carbonyl (C=O) groups is 1. The van der Waals surface area contributed by atoms with E-state index in [9.17, 15) is 4.79 Å². The number of rotatable bonds is 2. The molecule has 0 aromatic rings. The summed E-state index contributed by atoms with van der Waals surface area (Å²) in [7, 11) is 0. The van der Waals surface area contributed by atoms with Crippen molar-refractivity contribution in [3.8, 4) is 0 Å². The molecule has 2 unspecified atom stereocenters. The molecule has 15 heavy (non-hydrogen) atoms. The Morgan fingerprint density at radius 3 is 2.40 bits per heavy atom. The first kappa shape index (κ1) is 12.2. The standard InChI is InChI=1S/C12H22N2O/c1-5-6-9(2)12(15)14-7-10(3)13-11(4)8-14/h6,10-11,13H,5,7-8H2,1-4H3. The van der Waals surface area contributed by atoms with Crippen molar-refractivity contribution in [3.63, 3.8) is 0 Å². The normalized spacial score (nSPS) is 28.0. The van der Waals surface area contributed by atoms with Gasteiger partial charge in [0.25, 0.3) is 0 Å². The van der Waals surface area contributed by atoms with Crippen LogP contribution in [-0.2, 0) is 4.79 Å². The molecule has 0 radical (unpaired) electrons. The van der Waals surface area contributed by atoms with E-state index in [-0.39, 0.29) is 5.91 Å². The van der Waals surface area contributed by atoms with Crippen LogP contribution in [-0.4, -0.2) is 36.0 Å². The first-order valence-electron chi connectivity index (χ1n) is 5.76. The average Bonchev–Trinajstić information content (AvgIpc) is 2.15. The monoisotopic (exact) mass is 210 g/mol. The lowest BCUT2D eigenvalue weighted by molar-refractivity contribution is -0.128. The Labute approximate surface area is 92.5 Å². The third-order valence-electron chi connectivity index (χ3n) is 2.69. The van der Waals surface area contributed by atoms with Gasteiger partial charge in [0.1, 0.15) is 0 Å². The average molecular weight is 210 g/mol. The number of nitrogens with zero attached hydrogens (tertiary/aromatic N) is 1. The maximum absolute atomic E-state index is 12.0. The van der Waals surface area contributed by atoms with Gasteiger partial charge < -0.3 is 10.2 Å². The Kier molecular flexibility index (Phi) is 4.33. The molecule has 1 saturated heterocycles. The van der Waals surface area contributed by atoms with Crippen LogP contribution < -0.4 is 5.32 Å². The highest BCUT2D eigenvalue weighted by Crippen LogP contribution is 2.09. The maximum atomic E-state index is 12.0. The minimum atomic E-state index is 0.192. The highest BCUT2D eigenvalue weighted by atomic mass is 16.2. The second-order valence-electron chi connectivity index (χ2n) is 4.47. The van der Waals surface area contributed by atoms with Crippen molar-refractivity contribution in [3.05, 3.63) is 11.6 Å². The number of allylic oxidation sites excluding steroid dienone is 1. The smallest absolute Gasteiger partial charge is 0.249 e. The minimum absolute atomic E-state index is 0.192. The third kappa shape index (κ3) is 3.34. The van der Waals surface area contributed by atoms with Crippen molar-refractivity contribution in [1.82, 2.24) is 10.2 Å². The molecule has 0 aromatic heterocycles. The fourth-order valence-electron chi connectivity index (χ4n) is 2.14. The fourth-order valence-corrected chi connectivity index (χ4v) is 2.14. The van der Waals surface area contributed by atoms with Gasteiger partial charge in [-0.05, 0) is 27.2 Å². The van der Waals surface area contributed by atoms with Crippen molar-refractivity contribution < 1.29 is 4.79 Å². The van der Waals surface area contributed by atoms with E-state index in [2.05, 4.69) is 26.1 Å². The summed E-state index contributed by atoms with van der Waals surface area (Å²) in [5.74, 6) is 0.192. The fraction of sp³-hybridized carbons (Fsp3) is 0.750. The third-order valence-corrected chi connectivity index (χ3v) is 2.69.